The summed E-state index contributed by atoms with van der Waals surface area (Å²) in [6, 6.07) is 4.17. The molecule has 0 saturated heterocycles. The van der Waals surface area contributed by atoms with Gasteiger partial charge in [0.1, 0.15) is 0 Å². The molecular formula is C15H23O. The molecule has 1 aromatic carbocycles. The van der Waals surface area contributed by atoms with Crippen molar-refractivity contribution in [3.63, 3.8) is 0 Å². The van der Waals surface area contributed by atoms with Crippen LogP contribution < -0.4 is 0 Å². The molecule has 0 aliphatic heterocycles. The fourth-order valence-corrected chi connectivity index (χ4v) is 1.89. The first-order valence-corrected chi connectivity index (χ1v) is 6.19. The molecule has 0 saturated carbocycles. The second-order valence-corrected chi connectivity index (χ2v) is 5.49. The fourth-order valence-electron chi connectivity index (χ4n) is 1.89. The van der Waals surface area contributed by atoms with E-state index in [1.807, 2.05) is 0 Å². The van der Waals surface area contributed by atoms with Crippen LogP contribution in [0.3, 0.4) is 0 Å². The Kier molecular flexibility index (Phi) is 4.01. The Balaban J connectivity index is 3.39. The predicted molar refractivity (Wildman–Crippen MR) is 68.8 cm³/mol. The van der Waals surface area contributed by atoms with Gasteiger partial charge in [-0.15, -0.1) is 0 Å². The second kappa shape index (κ2) is 4.90. The highest BCUT2D eigenvalue weighted by Gasteiger charge is 2.17. The lowest BCUT2D eigenvalue weighted by molar-refractivity contribution is 0.341. The molecule has 0 bridgehead atoms. The van der Waals surface area contributed by atoms with Gasteiger partial charge in [0.25, 0.3) is 0 Å². The zero-order chi connectivity index (χ0) is 12.5. The number of benzene rings is 1. The van der Waals surface area contributed by atoms with Gasteiger partial charge in [-0.05, 0) is 23.3 Å². The second-order valence-electron chi connectivity index (χ2n) is 5.49. The third-order valence-electron chi connectivity index (χ3n) is 3.08. The van der Waals surface area contributed by atoms with E-state index in [1.54, 1.807) is 0 Å². The summed E-state index contributed by atoms with van der Waals surface area (Å²) in [7, 11) is 0. The van der Waals surface area contributed by atoms with Gasteiger partial charge < -0.3 is 0 Å². The Hall–Kier alpha value is -0.980. The summed E-state index contributed by atoms with van der Waals surface area (Å²) < 4.78 is 0. The maximum Gasteiger partial charge on any atom is 0.185 e. The summed E-state index contributed by atoms with van der Waals surface area (Å²) in [5.74, 6) is 1.34. The lowest BCUT2D eigenvalue weighted by atomic mass is 9.88. The minimum absolute atomic E-state index is 0.245. The molecule has 89 valence electrons. The van der Waals surface area contributed by atoms with Gasteiger partial charge in [-0.1, -0.05) is 53.7 Å². The molecule has 1 radical (unpaired) electrons. The molecule has 0 atom stereocenters. The average molecular weight is 219 g/mol. The van der Waals surface area contributed by atoms with Crippen LogP contribution in [-0.2, 0) is 5.11 Å². The largest absolute Gasteiger partial charge is 0.289 e. The van der Waals surface area contributed by atoms with Gasteiger partial charge in [0, 0.05) is 11.1 Å². The quantitative estimate of drug-likeness (QED) is 0.665. The molecule has 0 aliphatic carbocycles. The summed E-state index contributed by atoms with van der Waals surface area (Å²) in [5.41, 5.74) is 3.22. The van der Waals surface area contributed by atoms with Crippen LogP contribution in [0.1, 0.15) is 76.0 Å². The highest BCUT2D eigenvalue weighted by Crippen LogP contribution is 2.36. The first-order valence-electron chi connectivity index (χ1n) is 6.19. The Bertz CT molecular complexity index is 333. The molecule has 1 heteroatoms. The molecule has 0 aromatic heterocycles. The van der Waals surface area contributed by atoms with E-state index in [2.05, 4.69) is 53.7 Å². The normalized spacial score (nSPS) is 11.8. The first-order chi connectivity index (χ1) is 7.34. The van der Waals surface area contributed by atoms with Crippen LogP contribution >= 0.6 is 0 Å². The van der Waals surface area contributed by atoms with Gasteiger partial charge in [-0.3, -0.25) is 5.11 Å². The minimum atomic E-state index is 0.245. The van der Waals surface area contributed by atoms with Crippen LogP contribution in [0.5, 0.6) is 5.75 Å². The van der Waals surface area contributed by atoms with Gasteiger partial charge in [0.05, 0.1) is 0 Å². The maximum atomic E-state index is 12.2. The lowest BCUT2D eigenvalue weighted by Crippen LogP contribution is -1.99. The molecule has 0 unspecified atom stereocenters. The van der Waals surface area contributed by atoms with Crippen molar-refractivity contribution >= 4 is 0 Å². The van der Waals surface area contributed by atoms with Crippen molar-refractivity contribution < 1.29 is 5.11 Å². The monoisotopic (exact) mass is 219 g/mol. The van der Waals surface area contributed by atoms with E-state index in [9.17, 15) is 5.11 Å². The van der Waals surface area contributed by atoms with E-state index in [1.165, 1.54) is 5.56 Å². The maximum absolute atomic E-state index is 12.2. The van der Waals surface area contributed by atoms with Crippen LogP contribution in [0.15, 0.2) is 12.1 Å². The molecule has 1 aromatic rings. The molecule has 16 heavy (non-hydrogen) atoms. The predicted octanol–water partition coefficient (Wildman–Crippen LogP) is 5.20. The summed E-state index contributed by atoms with van der Waals surface area (Å²) in [4.78, 5) is 0. The smallest absolute Gasteiger partial charge is 0.185 e. The highest BCUT2D eigenvalue weighted by molar-refractivity contribution is 5.47. The highest BCUT2D eigenvalue weighted by atomic mass is 16.3. The van der Waals surface area contributed by atoms with Gasteiger partial charge in [0.2, 0.25) is 0 Å². The SMILES string of the molecule is CC(C)c1cc(C(C)C)c([O])c(C(C)C)c1. The summed E-state index contributed by atoms with van der Waals surface area (Å²) in [6.07, 6.45) is 0. The van der Waals surface area contributed by atoms with Crippen molar-refractivity contribution in [1.29, 1.82) is 0 Å². The molecule has 0 aliphatic rings. The third kappa shape index (κ3) is 2.58. The van der Waals surface area contributed by atoms with E-state index in [-0.39, 0.29) is 5.75 Å². The standard InChI is InChI=1S/C15H23O/c1-9(2)12-7-13(10(3)4)15(16)14(8-12)11(5)6/h7-11H,1-6H3. The zero-order valence-electron chi connectivity index (χ0n) is 11.3. The van der Waals surface area contributed by atoms with Crippen LogP contribution in [0.4, 0.5) is 0 Å². The van der Waals surface area contributed by atoms with Crippen molar-refractivity contribution in [2.75, 3.05) is 0 Å². The van der Waals surface area contributed by atoms with Crippen LogP contribution in [0.2, 0.25) is 0 Å². The van der Waals surface area contributed by atoms with Crippen molar-refractivity contribution in [2.24, 2.45) is 0 Å². The molecule has 0 spiro atoms. The molecule has 0 fully saturated rings. The van der Waals surface area contributed by atoms with Crippen molar-refractivity contribution in [3.05, 3.63) is 28.8 Å². The molecule has 0 N–H and O–H groups in total. The van der Waals surface area contributed by atoms with Gasteiger partial charge in [-0.25, -0.2) is 0 Å². The van der Waals surface area contributed by atoms with Crippen LogP contribution in [0, 0.1) is 0 Å². The Morgan fingerprint density at radius 3 is 1.38 bits per heavy atom. The number of rotatable bonds is 3. The van der Waals surface area contributed by atoms with Gasteiger partial charge in [0.15, 0.2) is 5.75 Å². The number of hydrogen-bond acceptors (Lipinski definition) is 0. The fraction of sp³-hybridized carbons (Fsp3) is 0.600. The van der Waals surface area contributed by atoms with Crippen LogP contribution in [-0.4, -0.2) is 0 Å². The van der Waals surface area contributed by atoms with Crippen molar-refractivity contribution in [1.82, 2.24) is 0 Å². The Morgan fingerprint density at radius 2 is 1.12 bits per heavy atom. The van der Waals surface area contributed by atoms with Gasteiger partial charge >= 0.3 is 0 Å². The molecule has 0 heterocycles. The summed E-state index contributed by atoms with van der Waals surface area (Å²) in [6.45, 7) is 12.7. The van der Waals surface area contributed by atoms with E-state index < -0.39 is 0 Å². The first kappa shape index (κ1) is 13.1. The molecule has 1 rings (SSSR count). The Labute approximate surface area is 99.5 Å². The molecular weight excluding hydrogens is 196 g/mol. The molecule has 1 nitrogen and oxygen atoms in total. The van der Waals surface area contributed by atoms with Gasteiger partial charge in [-0.2, -0.15) is 0 Å². The summed E-state index contributed by atoms with van der Waals surface area (Å²) >= 11 is 0. The minimum Gasteiger partial charge on any atom is -0.289 e. The topological polar surface area (TPSA) is 19.9 Å². The van der Waals surface area contributed by atoms with Crippen LogP contribution in [0.25, 0.3) is 0 Å². The lowest BCUT2D eigenvalue weighted by Gasteiger charge is -2.17. The molecule has 0 amide bonds. The zero-order valence-corrected chi connectivity index (χ0v) is 11.3. The van der Waals surface area contributed by atoms with E-state index in [4.69, 9.17) is 0 Å². The Morgan fingerprint density at radius 1 is 0.750 bits per heavy atom. The summed E-state index contributed by atoms with van der Waals surface area (Å²) in [5, 5.41) is 12.2. The van der Waals surface area contributed by atoms with E-state index in [0.717, 1.165) is 11.1 Å². The van der Waals surface area contributed by atoms with Crippen molar-refractivity contribution in [3.8, 4) is 5.75 Å². The average Bonchev–Trinajstić information content (AvgIpc) is 2.16. The third-order valence-corrected chi connectivity index (χ3v) is 3.08. The van der Waals surface area contributed by atoms with E-state index in [0.29, 0.717) is 17.8 Å². The van der Waals surface area contributed by atoms with Crippen molar-refractivity contribution in [2.45, 2.75) is 59.3 Å². The van der Waals surface area contributed by atoms with E-state index >= 15 is 0 Å². The number of hydrogen-bond donors (Lipinski definition) is 0.